The molecule has 0 fully saturated rings. The Bertz CT molecular complexity index is 1070. The molecule has 0 saturated carbocycles. The third-order valence-electron chi connectivity index (χ3n) is 5.69. The van der Waals surface area contributed by atoms with Gasteiger partial charge in [-0.1, -0.05) is 54.2 Å². The van der Waals surface area contributed by atoms with E-state index in [1.54, 1.807) is 13.1 Å². The molecule has 1 aromatic heterocycles. The first-order valence-electron chi connectivity index (χ1n) is 12.5. The largest absolute Gasteiger partial charge is 0.450 e. The summed E-state index contributed by atoms with van der Waals surface area (Å²) in [6.45, 7) is 25.1. The van der Waals surface area contributed by atoms with Crippen molar-refractivity contribution in [3.8, 4) is 0 Å². The highest BCUT2D eigenvalue weighted by molar-refractivity contribution is 7.80. The molecule has 0 bridgehead atoms. The van der Waals surface area contributed by atoms with Gasteiger partial charge in [-0.05, 0) is 87.4 Å². The number of rotatable bonds is 9. The van der Waals surface area contributed by atoms with Crippen LogP contribution < -0.4 is 0 Å². The molecule has 1 N–H and O–H groups in total. The number of nitrogens with one attached hydrogen (secondary N) is 1. The van der Waals surface area contributed by atoms with E-state index in [1.165, 1.54) is 16.5 Å². The molecule has 35 heavy (non-hydrogen) atoms. The van der Waals surface area contributed by atoms with E-state index in [2.05, 4.69) is 104 Å². The average Bonchev–Trinajstić information content (AvgIpc) is 3.00. The van der Waals surface area contributed by atoms with Crippen LogP contribution >= 0.6 is 12.6 Å². The summed E-state index contributed by atoms with van der Waals surface area (Å²) < 4.78 is 5.64. The molecule has 0 aliphatic rings. The van der Waals surface area contributed by atoms with E-state index >= 15 is 0 Å². The molecule has 4 nitrogen and oxygen atoms in total. The van der Waals surface area contributed by atoms with Gasteiger partial charge < -0.3 is 14.7 Å². The van der Waals surface area contributed by atoms with Crippen LogP contribution in [0.2, 0.25) is 0 Å². The van der Waals surface area contributed by atoms with Crippen LogP contribution in [-0.2, 0) is 6.42 Å². The number of furan rings is 1. The standard InChI is InChI=1S/C15H26N2.C15H21NOS/c1-11(2)8-14(13(4)16)17-10-12(3)9-15(5,6)7;1-5-16(4)7-6-12-9-13-11(3)15(18)17-14(13)8-10(12)2/h8,10-11,16H,3,9H2,1-2,4-7H3;8-9,18H,5-7H2,1-4H3/b14-8-,16-13?,17-10?;. The minimum atomic E-state index is 0.227. The lowest BCUT2D eigenvalue weighted by atomic mass is 9.89. The van der Waals surface area contributed by atoms with Gasteiger partial charge in [0.15, 0.2) is 5.09 Å². The van der Waals surface area contributed by atoms with Gasteiger partial charge in [-0.3, -0.25) is 4.99 Å². The van der Waals surface area contributed by atoms with E-state index in [0.717, 1.165) is 53.4 Å². The molecule has 2 rings (SSSR count). The second kappa shape index (κ2) is 13.8. The number of fused-ring (bicyclic) bond motifs is 1. The zero-order chi connectivity index (χ0) is 26.9. The Morgan fingerprint density at radius 1 is 1.26 bits per heavy atom. The van der Waals surface area contributed by atoms with E-state index in [-0.39, 0.29) is 5.41 Å². The average molecular weight is 498 g/mol. The van der Waals surface area contributed by atoms with Crippen LogP contribution in [0.25, 0.3) is 11.0 Å². The highest BCUT2D eigenvalue weighted by atomic mass is 32.1. The van der Waals surface area contributed by atoms with Gasteiger partial charge in [-0.15, -0.1) is 12.6 Å². The Kier molecular flexibility index (Phi) is 12.2. The Morgan fingerprint density at radius 3 is 2.40 bits per heavy atom. The molecule has 0 atom stereocenters. The van der Waals surface area contributed by atoms with Crippen LogP contribution in [0, 0.1) is 30.6 Å². The number of likely N-dealkylation sites (N-methyl/N-ethyl adjacent to an activating group) is 1. The molecule has 0 radical (unpaired) electrons. The summed E-state index contributed by atoms with van der Waals surface area (Å²) in [5.41, 5.74) is 7.27. The van der Waals surface area contributed by atoms with Crippen molar-refractivity contribution in [3.63, 3.8) is 0 Å². The van der Waals surface area contributed by atoms with Gasteiger partial charge in [0.2, 0.25) is 0 Å². The molecule has 5 heteroatoms. The number of hydrogen-bond donors (Lipinski definition) is 2. The van der Waals surface area contributed by atoms with Gasteiger partial charge in [0.25, 0.3) is 0 Å². The second-order valence-electron chi connectivity index (χ2n) is 11.0. The second-order valence-corrected chi connectivity index (χ2v) is 11.4. The molecule has 194 valence electrons. The fourth-order valence-corrected chi connectivity index (χ4v) is 3.83. The monoisotopic (exact) mass is 497 g/mol. The summed E-state index contributed by atoms with van der Waals surface area (Å²) in [5.74, 6) is 0.401. The van der Waals surface area contributed by atoms with Crippen molar-refractivity contribution in [2.45, 2.75) is 80.2 Å². The first kappa shape index (κ1) is 30.9. The quantitative estimate of drug-likeness (QED) is 0.270. The first-order chi connectivity index (χ1) is 16.1. The maximum Gasteiger partial charge on any atom is 0.161 e. The Hall–Kier alpha value is -2.11. The van der Waals surface area contributed by atoms with Crippen molar-refractivity contribution in [2.24, 2.45) is 16.3 Å². The maximum absolute atomic E-state index is 7.66. The van der Waals surface area contributed by atoms with Crippen molar-refractivity contribution >= 4 is 35.5 Å². The lowest BCUT2D eigenvalue weighted by molar-refractivity contribution is 0.357. The summed E-state index contributed by atoms with van der Waals surface area (Å²) >= 11 is 4.35. The van der Waals surface area contributed by atoms with Crippen molar-refractivity contribution in [3.05, 3.63) is 52.7 Å². The lowest BCUT2D eigenvalue weighted by Gasteiger charge is -2.17. The number of allylic oxidation sites excluding steroid dienone is 3. The number of benzene rings is 1. The predicted molar refractivity (Wildman–Crippen MR) is 158 cm³/mol. The highest BCUT2D eigenvalue weighted by Gasteiger charge is 2.12. The Morgan fingerprint density at radius 2 is 1.89 bits per heavy atom. The summed E-state index contributed by atoms with van der Waals surface area (Å²) in [5, 5.41) is 9.58. The minimum absolute atomic E-state index is 0.227. The molecular weight excluding hydrogens is 450 g/mol. The van der Waals surface area contributed by atoms with E-state index in [1.807, 2.05) is 6.08 Å². The van der Waals surface area contributed by atoms with Crippen LogP contribution in [0.3, 0.4) is 0 Å². The molecule has 0 aliphatic carbocycles. The molecule has 1 aromatic carbocycles. The van der Waals surface area contributed by atoms with Crippen LogP contribution in [0.5, 0.6) is 0 Å². The van der Waals surface area contributed by atoms with E-state index in [9.17, 15) is 0 Å². The molecule has 1 heterocycles. The third kappa shape index (κ3) is 11.0. The van der Waals surface area contributed by atoms with Crippen molar-refractivity contribution in [2.75, 3.05) is 20.1 Å². The number of hydrogen-bond acceptors (Lipinski definition) is 5. The first-order valence-corrected chi connectivity index (χ1v) is 13.0. The van der Waals surface area contributed by atoms with E-state index < -0.39 is 0 Å². The molecule has 0 unspecified atom stereocenters. The minimum Gasteiger partial charge on any atom is -0.450 e. The number of aliphatic imine (C=N–C) groups is 1. The summed E-state index contributed by atoms with van der Waals surface area (Å²) in [7, 11) is 2.16. The van der Waals surface area contributed by atoms with Crippen molar-refractivity contribution in [1.29, 1.82) is 5.41 Å². The summed E-state index contributed by atoms with van der Waals surface area (Å²) in [4.78, 5) is 6.69. The fraction of sp³-hybridized carbons (Fsp3) is 0.533. The lowest BCUT2D eigenvalue weighted by Crippen LogP contribution is -2.20. The topological polar surface area (TPSA) is 52.6 Å². The van der Waals surface area contributed by atoms with Gasteiger partial charge in [-0.25, -0.2) is 0 Å². The van der Waals surface area contributed by atoms with Crippen molar-refractivity contribution in [1.82, 2.24) is 4.90 Å². The third-order valence-corrected chi connectivity index (χ3v) is 6.12. The van der Waals surface area contributed by atoms with Gasteiger partial charge in [-0.2, -0.15) is 0 Å². The van der Waals surface area contributed by atoms with Gasteiger partial charge >= 0.3 is 0 Å². The Balaban J connectivity index is 0.000000351. The number of aryl methyl sites for hydroxylation is 2. The SMILES string of the molecule is C=C(C=N/C(=C\C(C)C)C(C)=N)CC(C)(C)C.CCN(C)CCc1cc2c(C)c(S)oc2cc1C. The van der Waals surface area contributed by atoms with Crippen LogP contribution in [0.1, 0.15) is 71.6 Å². The maximum atomic E-state index is 7.66. The molecule has 0 spiro atoms. The van der Waals surface area contributed by atoms with E-state index in [4.69, 9.17) is 9.83 Å². The summed E-state index contributed by atoms with van der Waals surface area (Å²) in [6, 6.07) is 4.38. The molecule has 2 aromatic rings. The normalized spacial score (nSPS) is 12.5. The fourth-order valence-electron chi connectivity index (χ4n) is 3.61. The summed E-state index contributed by atoms with van der Waals surface area (Å²) in [6.07, 6.45) is 5.79. The van der Waals surface area contributed by atoms with Crippen LogP contribution in [0.15, 0.2) is 50.6 Å². The zero-order valence-electron chi connectivity index (χ0n) is 23.7. The predicted octanol–water partition coefficient (Wildman–Crippen LogP) is 8.46. The van der Waals surface area contributed by atoms with Gasteiger partial charge in [0, 0.05) is 23.7 Å². The van der Waals surface area contributed by atoms with E-state index in [0.29, 0.717) is 11.6 Å². The van der Waals surface area contributed by atoms with Crippen LogP contribution in [0.4, 0.5) is 0 Å². The smallest absolute Gasteiger partial charge is 0.161 e. The zero-order valence-corrected chi connectivity index (χ0v) is 24.6. The molecule has 0 saturated heterocycles. The van der Waals surface area contributed by atoms with Crippen molar-refractivity contribution < 1.29 is 4.42 Å². The molecular formula is C30H47N3OS. The van der Waals surface area contributed by atoms with Gasteiger partial charge in [0.1, 0.15) is 5.58 Å². The molecule has 0 aliphatic heterocycles. The number of nitrogens with zero attached hydrogens (tertiary/aromatic N) is 2. The highest BCUT2D eigenvalue weighted by Crippen LogP contribution is 2.30. The Labute approximate surface area is 219 Å². The number of thiol groups is 1. The van der Waals surface area contributed by atoms with Crippen LogP contribution in [-0.4, -0.2) is 37.0 Å². The molecule has 0 amide bonds. The van der Waals surface area contributed by atoms with Gasteiger partial charge in [0.05, 0.1) is 11.4 Å².